The van der Waals surface area contributed by atoms with Crippen LogP contribution in [0.5, 0.6) is 0 Å². The SMILES string of the molecule is CCCCCCN(F)CC. The van der Waals surface area contributed by atoms with Gasteiger partial charge in [-0.3, -0.25) is 0 Å². The largest absolute Gasteiger partial charge is 0.147 e. The van der Waals surface area contributed by atoms with Crippen molar-refractivity contribution in [2.24, 2.45) is 0 Å². The van der Waals surface area contributed by atoms with Crippen LogP contribution in [0.15, 0.2) is 0 Å². The van der Waals surface area contributed by atoms with Gasteiger partial charge in [0.05, 0.1) is 0 Å². The normalized spacial score (nSPS) is 10.8. The number of nitrogens with zero attached hydrogens (tertiary/aromatic N) is 1. The van der Waals surface area contributed by atoms with Crippen LogP contribution in [0.25, 0.3) is 0 Å². The lowest BCUT2D eigenvalue weighted by Gasteiger charge is -2.06. The Bertz CT molecular complexity index is 66.3. The fourth-order valence-electron chi connectivity index (χ4n) is 0.868. The molecule has 2 heteroatoms. The first kappa shape index (κ1) is 9.89. The van der Waals surface area contributed by atoms with Gasteiger partial charge >= 0.3 is 0 Å². The standard InChI is InChI=1S/C8H18FN/c1-3-5-6-7-8-10(9)4-2/h3-8H2,1-2H3. The molecule has 0 bridgehead atoms. The molecule has 0 atom stereocenters. The van der Waals surface area contributed by atoms with Crippen molar-refractivity contribution in [3.63, 3.8) is 0 Å². The zero-order valence-electron chi connectivity index (χ0n) is 7.07. The third-order valence-corrected chi connectivity index (χ3v) is 1.60. The van der Waals surface area contributed by atoms with Crippen LogP contribution in [0, 0.1) is 0 Å². The minimum absolute atomic E-state index is 0.520. The summed E-state index contributed by atoms with van der Waals surface area (Å²) in [5.74, 6) is 0. The number of hydrogen-bond donors (Lipinski definition) is 0. The van der Waals surface area contributed by atoms with Gasteiger partial charge in [0, 0.05) is 13.1 Å². The molecule has 0 unspecified atom stereocenters. The zero-order valence-corrected chi connectivity index (χ0v) is 7.07. The first-order valence-electron chi connectivity index (χ1n) is 4.22. The lowest BCUT2D eigenvalue weighted by molar-refractivity contribution is 0.0302. The maximum atomic E-state index is 12.4. The second-order valence-electron chi connectivity index (χ2n) is 2.56. The van der Waals surface area contributed by atoms with E-state index in [1.54, 1.807) is 0 Å². The van der Waals surface area contributed by atoms with Gasteiger partial charge in [-0.2, -0.15) is 0 Å². The fourth-order valence-corrected chi connectivity index (χ4v) is 0.868. The zero-order chi connectivity index (χ0) is 7.82. The van der Waals surface area contributed by atoms with Crippen LogP contribution in [-0.2, 0) is 0 Å². The maximum Gasteiger partial charge on any atom is 0.0290 e. The van der Waals surface area contributed by atoms with Gasteiger partial charge < -0.3 is 0 Å². The van der Waals surface area contributed by atoms with Crippen molar-refractivity contribution in [2.75, 3.05) is 13.1 Å². The van der Waals surface area contributed by atoms with E-state index in [9.17, 15) is 4.48 Å². The summed E-state index contributed by atoms with van der Waals surface area (Å²) < 4.78 is 12.4. The van der Waals surface area contributed by atoms with Gasteiger partial charge in [-0.1, -0.05) is 26.2 Å². The minimum atomic E-state index is 0.520. The second-order valence-corrected chi connectivity index (χ2v) is 2.56. The van der Waals surface area contributed by atoms with Crippen LogP contribution in [0.1, 0.15) is 39.5 Å². The molecule has 0 aromatic carbocycles. The Hall–Kier alpha value is -0.110. The predicted molar refractivity (Wildman–Crippen MR) is 42.5 cm³/mol. The molecule has 0 amide bonds. The molecule has 0 saturated carbocycles. The maximum absolute atomic E-state index is 12.4. The van der Waals surface area contributed by atoms with Gasteiger partial charge in [-0.05, 0) is 13.3 Å². The highest BCUT2D eigenvalue weighted by Gasteiger charge is 1.96. The molecule has 0 heterocycles. The lowest BCUT2D eigenvalue weighted by Crippen LogP contribution is -2.13. The van der Waals surface area contributed by atoms with E-state index < -0.39 is 0 Å². The lowest BCUT2D eigenvalue weighted by atomic mass is 10.2. The summed E-state index contributed by atoms with van der Waals surface area (Å²) in [5.41, 5.74) is 0. The summed E-state index contributed by atoms with van der Waals surface area (Å²) in [7, 11) is 0. The van der Waals surface area contributed by atoms with Crippen LogP contribution < -0.4 is 0 Å². The van der Waals surface area contributed by atoms with E-state index in [-0.39, 0.29) is 0 Å². The van der Waals surface area contributed by atoms with Crippen molar-refractivity contribution in [1.82, 2.24) is 5.12 Å². The second kappa shape index (κ2) is 7.00. The van der Waals surface area contributed by atoms with Gasteiger partial charge in [0.2, 0.25) is 0 Å². The monoisotopic (exact) mass is 147 g/mol. The Labute approximate surface area is 63.2 Å². The molecule has 62 valence electrons. The van der Waals surface area contributed by atoms with Crippen LogP contribution in [0.4, 0.5) is 4.48 Å². The van der Waals surface area contributed by atoms with E-state index >= 15 is 0 Å². The molecule has 1 nitrogen and oxygen atoms in total. The van der Waals surface area contributed by atoms with Crippen LogP contribution in [0.2, 0.25) is 0 Å². The molecule has 0 aromatic rings. The highest BCUT2D eigenvalue weighted by molar-refractivity contribution is 4.44. The molecule has 0 aliphatic rings. The molecular formula is C8H18FN. The van der Waals surface area contributed by atoms with E-state index in [2.05, 4.69) is 6.92 Å². The summed E-state index contributed by atoms with van der Waals surface area (Å²) in [6.07, 6.45) is 4.62. The predicted octanol–water partition coefficient (Wildman–Crippen LogP) is 2.77. The average Bonchev–Trinajstić information content (AvgIpc) is 1.98. The topological polar surface area (TPSA) is 3.24 Å². The summed E-state index contributed by atoms with van der Waals surface area (Å²) in [6.45, 7) is 5.12. The molecule has 0 aliphatic carbocycles. The highest BCUT2D eigenvalue weighted by atomic mass is 19.2. The van der Waals surface area contributed by atoms with Crippen molar-refractivity contribution in [3.8, 4) is 0 Å². The summed E-state index contributed by atoms with van der Waals surface area (Å²) in [5, 5.41) is 0.871. The smallest absolute Gasteiger partial charge is 0.0290 e. The highest BCUT2D eigenvalue weighted by Crippen LogP contribution is 2.00. The third kappa shape index (κ3) is 6.02. The molecule has 0 radical (unpaired) electrons. The summed E-state index contributed by atoms with van der Waals surface area (Å²) >= 11 is 0. The molecule has 0 fully saturated rings. The molecule has 0 saturated heterocycles. The van der Waals surface area contributed by atoms with Crippen LogP contribution in [-0.4, -0.2) is 18.2 Å². The Morgan fingerprint density at radius 3 is 2.30 bits per heavy atom. The van der Waals surface area contributed by atoms with Crippen molar-refractivity contribution in [3.05, 3.63) is 0 Å². The summed E-state index contributed by atoms with van der Waals surface area (Å²) in [6, 6.07) is 0. The van der Waals surface area contributed by atoms with Crippen molar-refractivity contribution >= 4 is 0 Å². The first-order valence-corrected chi connectivity index (χ1v) is 4.22. The number of unbranched alkanes of at least 4 members (excludes halogenated alkanes) is 3. The van der Waals surface area contributed by atoms with Gasteiger partial charge in [-0.15, -0.1) is 9.60 Å². The first-order chi connectivity index (χ1) is 4.81. The Morgan fingerprint density at radius 2 is 1.80 bits per heavy atom. The van der Waals surface area contributed by atoms with Gasteiger partial charge in [0.1, 0.15) is 0 Å². The molecule has 0 aliphatic heterocycles. The number of halogens is 1. The van der Waals surface area contributed by atoms with Gasteiger partial charge in [0.25, 0.3) is 0 Å². The molecule has 0 spiro atoms. The molecular weight excluding hydrogens is 129 g/mol. The Morgan fingerprint density at radius 1 is 1.10 bits per heavy atom. The summed E-state index contributed by atoms with van der Waals surface area (Å²) in [4.78, 5) is 0. The molecule has 0 rings (SSSR count). The van der Waals surface area contributed by atoms with E-state index in [1.807, 2.05) is 6.92 Å². The van der Waals surface area contributed by atoms with Crippen LogP contribution >= 0.6 is 0 Å². The Kier molecular flexibility index (Phi) is 6.93. The van der Waals surface area contributed by atoms with E-state index in [4.69, 9.17) is 0 Å². The molecule has 0 N–H and O–H groups in total. The third-order valence-electron chi connectivity index (χ3n) is 1.60. The van der Waals surface area contributed by atoms with Gasteiger partial charge in [-0.25, -0.2) is 0 Å². The van der Waals surface area contributed by atoms with Gasteiger partial charge in [0.15, 0.2) is 0 Å². The van der Waals surface area contributed by atoms with Crippen LogP contribution in [0.3, 0.4) is 0 Å². The van der Waals surface area contributed by atoms with Crippen molar-refractivity contribution in [2.45, 2.75) is 39.5 Å². The minimum Gasteiger partial charge on any atom is -0.147 e. The van der Waals surface area contributed by atoms with Crippen molar-refractivity contribution in [1.29, 1.82) is 0 Å². The quantitative estimate of drug-likeness (QED) is 0.412. The fraction of sp³-hybridized carbons (Fsp3) is 1.00. The average molecular weight is 147 g/mol. The molecule has 10 heavy (non-hydrogen) atoms. The van der Waals surface area contributed by atoms with E-state index in [0.29, 0.717) is 13.1 Å². The number of rotatable bonds is 6. The van der Waals surface area contributed by atoms with E-state index in [0.717, 1.165) is 18.0 Å². The van der Waals surface area contributed by atoms with E-state index in [1.165, 1.54) is 12.8 Å². The Balaban J connectivity index is 2.89. The molecule has 0 aromatic heterocycles. The van der Waals surface area contributed by atoms with Crippen molar-refractivity contribution < 1.29 is 4.48 Å². The number of hydrogen-bond acceptors (Lipinski definition) is 1.